The van der Waals surface area contributed by atoms with Crippen molar-refractivity contribution in [3.63, 3.8) is 0 Å². The highest BCUT2D eigenvalue weighted by atomic mass is 15.3. The predicted octanol–water partition coefficient (Wildman–Crippen LogP) is 5.06. The Labute approximate surface area is 164 Å². The molecule has 0 bridgehead atoms. The lowest BCUT2D eigenvalue weighted by Gasteiger charge is -2.36. The van der Waals surface area contributed by atoms with Crippen molar-refractivity contribution in [2.24, 2.45) is 5.92 Å². The Balaban J connectivity index is 1.54. The average molecular weight is 362 g/mol. The molecule has 2 aromatic carbocycles. The van der Waals surface area contributed by atoms with Crippen molar-refractivity contribution in [3.05, 3.63) is 77.6 Å². The van der Waals surface area contributed by atoms with Gasteiger partial charge in [0.05, 0.1) is 0 Å². The van der Waals surface area contributed by atoms with Gasteiger partial charge in [-0.05, 0) is 25.1 Å². The molecular weight excluding hydrogens is 330 g/mol. The summed E-state index contributed by atoms with van der Waals surface area (Å²) in [6, 6.07) is 21.1. The van der Waals surface area contributed by atoms with E-state index in [0.717, 1.165) is 45.6 Å². The first-order chi connectivity index (χ1) is 13.2. The van der Waals surface area contributed by atoms with Gasteiger partial charge in [0, 0.05) is 49.8 Å². The fraction of sp³-hybridized carbons (Fsp3) is 0.458. The second kappa shape index (κ2) is 9.06. The molecule has 3 rings (SSSR count). The van der Waals surface area contributed by atoms with Crippen LogP contribution in [0.2, 0.25) is 0 Å². The first kappa shape index (κ1) is 19.5. The molecule has 0 aliphatic carbocycles. The molecule has 0 saturated carbocycles. The highest BCUT2D eigenvalue weighted by molar-refractivity contribution is 5.46. The summed E-state index contributed by atoms with van der Waals surface area (Å²) in [4.78, 5) is 9.17. The molecule has 0 radical (unpaired) electrons. The molecule has 1 unspecified atom stereocenters. The molecule has 142 valence electrons. The van der Waals surface area contributed by atoms with Gasteiger partial charge in [0.2, 0.25) is 0 Å². The van der Waals surface area contributed by atoms with Gasteiger partial charge in [0.15, 0.2) is 0 Å². The van der Waals surface area contributed by atoms with E-state index in [-0.39, 0.29) is 0 Å². The van der Waals surface area contributed by atoms with E-state index < -0.39 is 5.54 Å². The van der Waals surface area contributed by atoms with Gasteiger partial charge in [-0.1, -0.05) is 62.4 Å². The van der Waals surface area contributed by atoms with Crippen molar-refractivity contribution in [1.29, 1.82) is 0 Å². The minimum Gasteiger partial charge on any atom is -0.369 e. The van der Waals surface area contributed by atoms with Gasteiger partial charge in [0.1, 0.15) is 0 Å². The largest absolute Gasteiger partial charge is 0.369 e. The van der Waals surface area contributed by atoms with Crippen LogP contribution in [0.15, 0.2) is 60.7 Å². The van der Waals surface area contributed by atoms with Gasteiger partial charge in [-0.3, -0.25) is 4.90 Å². The van der Waals surface area contributed by atoms with E-state index >= 15 is 0 Å². The van der Waals surface area contributed by atoms with Crippen LogP contribution in [0, 0.1) is 12.5 Å². The summed E-state index contributed by atoms with van der Waals surface area (Å²) in [5, 5.41) is 0. The minimum absolute atomic E-state index is 0.312. The Hall–Kier alpha value is -2.31. The van der Waals surface area contributed by atoms with E-state index in [1.54, 1.807) is 0 Å². The number of hydrogen-bond acceptors (Lipinski definition) is 2. The molecule has 1 aliphatic rings. The van der Waals surface area contributed by atoms with Gasteiger partial charge in [-0.15, -0.1) is 0 Å². The Kier molecular flexibility index (Phi) is 6.53. The third-order valence-electron chi connectivity index (χ3n) is 5.95. The van der Waals surface area contributed by atoms with E-state index in [9.17, 15) is 0 Å². The zero-order chi connectivity index (χ0) is 19.1. The van der Waals surface area contributed by atoms with Gasteiger partial charge in [-0.2, -0.15) is 0 Å². The number of para-hydroxylation sites is 1. The molecule has 27 heavy (non-hydrogen) atoms. The van der Waals surface area contributed by atoms with Crippen LogP contribution in [0.3, 0.4) is 0 Å². The number of anilines is 1. The van der Waals surface area contributed by atoms with Gasteiger partial charge < -0.3 is 9.74 Å². The van der Waals surface area contributed by atoms with E-state index in [2.05, 4.69) is 83.1 Å². The highest BCUT2D eigenvalue weighted by Gasteiger charge is 2.41. The van der Waals surface area contributed by atoms with Crippen molar-refractivity contribution in [3.8, 4) is 0 Å². The van der Waals surface area contributed by atoms with Crippen LogP contribution in [0.4, 0.5) is 5.69 Å². The number of nitrogens with zero attached hydrogens (tertiary/aromatic N) is 3. The second-order valence-electron chi connectivity index (χ2n) is 7.82. The maximum Gasteiger partial charge on any atom is 0.259 e. The third kappa shape index (κ3) is 4.51. The van der Waals surface area contributed by atoms with E-state index in [0.29, 0.717) is 5.92 Å². The zero-order valence-electron chi connectivity index (χ0n) is 16.6. The summed E-state index contributed by atoms with van der Waals surface area (Å²) in [7, 11) is 0. The highest BCUT2D eigenvalue weighted by Crippen LogP contribution is 2.38. The summed E-state index contributed by atoms with van der Waals surface area (Å²) in [6.45, 7) is 17.8. The molecule has 1 atom stereocenters. The lowest BCUT2D eigenvalue weighted by molar-refractivity contribution is 0.237. The van der Waals surface area contributed by atoms with Crippen molar-refractivity contribution in [2.45, 2.75) is 32.2 Å². The number of rotatable bonds is 7. The minimum atomic E-state index is -0.396. The molecule has 1 saturated heterocycles. The van der Waals surface area contributed by atoms with Crippen LogP contribution in [0.5, 0.6) is 0 Å². The van der Waals surface area contributed by atoms with Crippen LogP contribution in [0.1, 0.15) is 32.3 Å². The van der Waals surface area contributed by atoms with Crippen molar-refractivity contribution in [1.82, 2.24) is 4.90 Å². The standard InChI is InChI=1S/C24H31N3/c1-21(2)24(25-3,22-11-6-4-7-12-22)15-10-16-26-17-19-27(20-18-26)23-13-8-5-9-14-23/h4-9,11-14,21H,10,15-20H2,1-2H3. The Morgan fingerprint density at radius 1 is 0.926 bits per heavy atom. The first-order valence-corrected chi connectivity index (χ1v) is 10.1. The topological polar surface area (TPSA) is 10.8 Å². The first-order valence-electron chi connectivity index (χ1n) is 10.1. The predicted molar refractivity (Wildman–Crippen MR) is 114 cm³/mol. The van der Waals surface area contributed by atoms with Crippen LogP contribution < -0.4 is 4.90 Å². The van der Waals surface area contributed by atoms with Crippen molar-refractivity contribution in [2.75, 3.05) is 37.6 Å². The quantitative estimate of drug-likeness (QED) is 0.638. The smallest absolute Gasteiger partial charge is 0.259 e. The summed E-state index contributed by atoms with van der Waals surface area (Å²) in [5.41, 5.74) is 2.10. The second-order valence-corrected chi connectivity index (χ2v) is 7.82. The molecule has 1 heterocycles. The summed E-state index contributed by atoms with van der Waals surface area (Å²) >= 11 is 0. The summed E-state index contributed by atoms with van der Waals surface area (Å²) < 4.78 is 0. The van der Waals surface area contributed by atoms with E-state index in [4.69, 9.17) is 6.57 Å². The molecule has 3 heteroatoms. The zero-order valence-corrected chi connectivity index (χ0v) is 16.6. The molecule has 1 aliphatic heterocycles. The molecule has 2 aromatic rings. The Bertz CT molecular complexity index is 727. The van der Waals surface area contributed by atoms with Crippen LogP contribution in [-0.4, -0.2) is 37.6 Å². The molecule has 0 N–H and O–H groups in total. The van der Waals surface area contributed by atoms with Crippen molar-refractivity contribution >= 4 is 5.69 Å². The van der Waals surface area contributed by atoms with Crippen LogP contribution in [0.25, 0.3) is 4.85 Å². The monoisotopic (exact) mass is 361 g/mol. The third-order valence-corrected chi connectivity index (χ3v) is 5.95. The fourth-order valence-electron chi connectivity index (χ4n) is 4.18. The van der Waals surface area contributed by atoms with Crippen LogP contribution >= 0.6 is 0 Å². The summed E-state index contributed by atoms with van der Waals surface area (Å²) in [6.07, 6.45) is 2.00. The molecule has 0 spiro atoms. The Morgan fingerprint density at radius 2 is 1.52 bits per heavy atom. The molecule has 3 nitrogen and oxygen atoms in total. The van der Waals surface area contributed by atoms with Crippen molar-refractivity contribution < 1.29 is 0 Å². The lowest BCUT2D eigenvalue weighted by atomic mass is 9.77. The summed E-state index contributed by atoms with van der Waals surface area (Å²) in [5.74, 6) is 0.312. The van der Waals surface area contributed by atoms with E-state index in [1.807, 2.05) is 6.07 Å². The van der Waals surface area contributed by atoms with Crippen LogP contribution in [-0.2, 0) is 5.54 Å². The molecule has 1 fully saturated rings. The molecule has 0 aromatic heterocycles. The Morgan fingerprint density at radius 3 is 2.07 bits per heavy atom. The van der Waals surface area contributed by atoms with E-state index in [1.165, 1.54) is 11.3 Å². The lowest BCUT2D eigenvalue weighted by Crippen LogP contribution is -2.46. The average Bonchev–Trinajstić information content (AvgIpc) is 2.73. The van der Waals surface area contributed by atoms with Gasteiger partial charge in [0.25, 0.3) is 5.54 Å². The molecular formula is C24H31N3. The maximum absolute atomic E-state index is 7.93. The van der Waals surface area contributed by atoms with Gasteiger partial charge >= 0.3 is 0 Å². The van der Waals surface area contributed by atoms with Gasteiger partial charge in [-0.25, -0.2) is 6.57 Å². The number of piperazine rings is 1. The number of benzene rings is 2. The maximum atomic E-state index is 7.93. The number of hydrogen-bond donors (Lipinski definition) is 0. The fourth-order valence-corrected chi connectivity index (χ4v) is 4.18. The molecule has 0 amide bonds. The SMILES string of the molecule is [C-]#[N+]C(CCCN1CCN(c2ccccc2)CC1)(c1ccccc1)C(C)C. The normalized spacial score (nSPS) is 17.5.